The van der Waals surface area contributed by atoms with Gasteiger partial charge in [-0.2, -0.15) is 0 Å². The van der Waals surface area contributed by atoms with Gasteiger partial charge in [-0.1, -0.05) is 6.07 Å². The molecular formula is C15H17N5O4S. The predicted molar refractivity (Wildman–Crippen MR) is 93.6 cm³/mol. The van der Waals surface area contributed by atoms with Crippen molar-refractivity contribution >= 4 is 34.6 Å². The number of hydrogen-bond acceptors (Lipinski definition) is 6. The van der Waals surface area contributed by atoms with Crippen LogP contribution in [0, 0.1) is 24.0 Å². The summed E-state index contributed by atoms with van der Waals surface area (Å²) in [4.78, 5) is 39.0. The Morgan fingerprint density at radius 3 is 2.68 bits per heavy atom. The van der Waals surface area contributed by atoms with Crippen molar-refractivity contribution in [3.05, 3.63) is 50.0 Å². The van der Waals surface area contributed by atoms with Crippen molar-refractivity contribution in [3.63, 3.8) is 0 Å². The Balaban J connectivity index is 1.76. The lowest BCUT2D eigenvalue weighted by molar-refractivity contribution is -0.384. The van der Waals surface area contributed by atoms with E-state index in [1.54, 1.807) is 0 Å². The zero-order valence-corrected chi connectivity index (χ0v) is 14.5. The molecule has 2 aromatic rings. The molecule has 0 saturated carbocycles. The van der Waals surface area contributed by atoms with E-state index in [9.17, 15) is 19.7 Å². The minimum Gasteiger partial charge on any atom is -0.348 e. The van der Waals surface area contributed by atoms with E-state index in [-0.39, 0.29) is 23.8 Å². The number of aryl methyl sites for hydroxylation is 2. The van der Waals surface area contributed by atoms with E-state index in [1.807, 2.05) is 13.8 Å². The van der Waals surface area contributed by atoms with Crippen LogP contribution in [0.4, 0.5) is 16.2 Å². The SMILES string of the molecule is Cc1nc(CNC(=O)CNC(=O)Nc2cccc([N+](=O)[O-])c2)sc1C. The van der Waals surface area contributed by atoms with E-state index >= 15 is 0 Å². The topological polar surface area (TPSA) is 126 Å². The number of nitrogens with zero attached hydrogens (tertiary/aromatic N) is 2. The first-order valence-corrected chi connectivity index (χ1v) is 8.15. The molecule has 0 spiro atoms. The lowest BCUT2D eigenvalue weighted by Gasteiger charge is -2.07. The maximum Gasteiger partial charge on any atom is 0.319 e. The van der Waals surface area contributed by atoms with Gasteiger partial charge in [-0.3, -0.25) is 14.9 Å². The van der Waals surface area contributed by atoms with Gasteiger partial charge in [0.05, 0.1) is 23.7 Å². The summed E-state index contributed by atoms with van der Waals surface area (Å²) in [7, 11) is 0. The summed E-state index contributed by atoms with van der Waals surface area (Å²) in [6.07, 6.45) is 0. The van der Waals surface area contributed by atoms with Gasteiger partial charge in [0.2, 0.25) is 5.91 Å². The van der Waals surface area contributed by atoms with Crippen LogP contribution in [-0.2, 0) is 11.3 Å². The number of rotatable bonds is 6. The molecule has 25 heavy (non-hydrogen) atoms. The molecule has 0 bridgehead atoms. The summed E-state index contributed by atoms with van der Waals surface area (Å²) in [5.41, 5.74) is 1.06. The Morgan fingerprint density at radius 2 is 2.04 bits per heavy atom. The molecule has 1 aromatic carbocycles. The van der Waals surface area contributed by atoms with Crippen LogP contribution in [0.2, 0.25) is 0 Å². The standard InChI is InChI=1S/C15H17N5O4S/c1-9-10(2)25-14(18-9)8-16-13(21)7-17-15(22)19-11-4-3-5-12(6-11)20(23)24/h3-6H,7-8H2,1-2H3,(H,16,21)(H2,17,19,22). The molecule has 0 aliphatic carbocycles. The van der Waals surface area contributed by atoms with Crippen LogP contribution in [0.3, 0.4) is 0 Å². The van der Waals surface area contributed by atoms with E-state index in [0.717, 1.165) is 15.6 Å². The molecule has 1 aromatic heterocycles. The van der Waals surface area contributed by atoms with Crippen molar-refractivity contribution in [2.75, 3.05) is 11.9 Å². The van der Waals surface area contributed by atoms with Crippen molar-refractivity contribution in [3.8, 4) is 0 Å². The maximum atomic E-state index is 11.7. The second-order valence-corrected chi connectivity index (χ2v) is 6.43. The van der Waals surface area contributed by atoms with Crippen LogP contribution in [0.25, 0.3) is 0 Å². The number of non-ortho nitro benzene ring substituents is 1. The third-order valence-corrected chi connectivity index (χ3v) is 4.31. The monoisotopic (exact) mass is 363 g/mol. The van der Waals surface area contributed by atoms with E-state index in [1.165, 1.54) is 35.6 Å². The summed E-state index contributed by atoms with van der Waals surface area (Å²) in [5, 5.41) is 19.0. The van der Waals surface area contributed by atoms with Gasteiger partial charge in [0, 0.05) is 22.7 Å². The number of nitro groups is 1. The first kappa shape index (κ1) is 18.3. The number of carbonyl (C=O) groups excluding carboxylic acids is 2. The lowest BCUT2D eigenvalue weighted by atomic mass is 10.3. The number of carbonyl (C=O) groups is 2. The molecule has 3 amide bonds. The first-order chi connectivity index (χ1) is 11.8. The van der Waals surface area contributed by atoms with Crippen LogP contribution >= 0.6 is 11.3 Å². The lowest BCUT2D eigenvalue weighted by Crippen LogP contribution is -2.38. The highest BCUT2D eigenvalue weighted by atomic mass is 32.1. The van der Waals surface area contributed by atoms with E-state index < -0.39 is 11.0 Å². The van der Waals surface area contributed by atoms with Gasteiger partial charge in [-0.05, 0) is 19.9 Å². The van der Waals surface area contributed by atoms with Gasteiger partial charge in [0.15, 0.2) is 0 Å². The summed E-state index contributed by atoms with van der Waals surface area (Å²) in [6.45, 7) is 3.94. The number of hydrogen-bond donors (Lipinski definition) is 3. The molecule has 9 nitrogen and oxygen atoms in total. The molecule has 1 heterocycles. The predicted octanol–water partition coefficient (Wildman–Crippen LogP) is 2.11. The van der Waals surface area contributed by atoms with Crippen molar-refractivity contribution in [1.29, 1.82) is 0 Å². The maximum absolute atomic E-state index is 11.7. The van der Waals surface area contributed by atoms with Gasteiger partial charge in [-0.15, -0.1) is 11.3 Å². The largest absolute Gasteiger partial charge is 0.348 e. The highest BCUT2D eigenvalue weighted by Gasteiger charge is 2.10. The van der Waals surface area contributed by atoms with Gasteiger partial charge >= 0.3 is 6.03 Å². The Kier molecular flexibility index (Phi) is 6.01. The number of aromatic nitrogens is 1. The van der Waals surface area contributed by atoms with Crippen LogP contribution in [0.1, 0.15) is 15.6 Å². The van der Waals surface area contributed by atoms with Crippen LogP contribution < -0.4 is 16.0 Å². The second kappa shape index (κ2) is 8.20. The fourth-order valence-electron chi connectivity index (χ4n) is 1.88. The van der Waals surface area contributed by atoms with E-state index in [0.29, 0.717) is 6.54 Å². The summed E-state index contributed by atoms with van der Waals surface area (Å²) in [6, 6.07) is 4.89. The molecular weight excluding hydrogens is 346 g/mol. The molecule has 3 N–H and O–H groups in total. The molecule has 132 valence electrons. The van der Waals surface area contributed by atoms with Gasteiger partial charge in [0.25, 0.3) is 5.69 Å². The van der Waals surface area contributed by atoms with Crippen molar-refractivity contribution in [2.24, 2.45) is 0 Å². The Morgan fingerprint density at radius 1 is 1.28 bits per heavy atom. The van der Waals surface area contributed by atoms with Crippen LogP contribution in [0.5, 0.6) is 0 Å². The Labute approximate surface area is 147 Å². The summed E-state index contributed by atoms with van der Waals surface area (Å²) in [5.74, 6) is -0.361. The number of benzene rings is 1. The van der Waals surface area contributed by atoms with Gasteiger partial charge < -0.3 is 16.0 Å². The average molecular weight is 363 g/mol. The molecule has 2 rings (SSSR count). The summed E-state index contributed by atoms with van der Waals surface area (Å²) < 4.78 is 0. The second-order valence-electron chi connectivity index (χ2n) is 5.14. The van der Waals surface area contributed by atoms with Crippen molar-refractivity contribution in [1.82, 2.24) is 15.6 Å². The Hall–Kier alpha value is -3.01. The molecule has 0 aliphatic heterocycles. The fraction of sp³-hybridized carbons (Fsp3) is 0.267. The van der Waals surface area contributed by atoms with Crippen molar-refractivity contribution in [2.45, 2.75) is 20.4 Å². The third-order valence-electron chi connectivity index (χ3n) is 3.23. The quantitative estimate of drug-likeness (QED) is 0.535. The number of anilines is 1. The highest BCUT2D eigenvalue weighted by molar-refractivity contribution is 7.11. The van der Waals surface area contributed by atoms with Crippen molar-refractivity contribution < 1.29 is 14.5 Å². The first-order valence-electron chi connectivity index (χ1n) is 7.34. The average Bonchev–Trinajstić information content (AvgIpc) is 2.89. The zero-order chi connectivity index (χ0) is 18.4. The van der Waals surface area contributed by atoms with Crippen LogP contribution in [0.15, 0.2) is 24.3 Å². The molecule has 0 aliphatic rings. The minimum atomic E-state index is -0.628. The number of nitrogens with one attached hydrogen (secondary N) is 3. The number of amides is 3. The molecule has 0 fully saturated rings. The number of nitro benzene ring substituents is 1. The molecule has 0 radical (unpaired) electrons. The molecule has 10 heteroatoms. The fourth-order valence-corrected chi connectivity index (χ4v) is 2.76. The number of urea groups is 1. The normalized spacial score (nSPS) is 10.2. The number of thiazole rings is 1. The van der Waals surface area contributed by atoms with E-state index in [2.05, 4.69) is 20.9 Å². The zero-order valence-electron chi connectivity index (χ0n) is 13.7. The minimum absolute atomic E-state index is 0.135. The Bertz CT molecular complexity index is 785. The third kappa shape index (κ3) is 5.53. The van der Waals surface area contributed by atoms with Gasteiger partial charge in [-0.25, -0.2) is 9.78 Å². The van der Waals surface area contributed by atoms with E-state index in [4.69, 9.17) is 0 Å². The van der Waals surface area contributed by atoms with Crippen LogP contribution in [-0.4, -0.2) is 28.4 Å². The molecule has 0 saturated heterocycles. The summed E-state index contributed by atoms with van der Waals surface area (Å²) >= 11 is 1.51. The smallest absolute Gasteiger partial charge is 0.319 e. The van der Waals surface area contributed by atoms with Gasteiger partial charge in [0.1, 0.15) is 5.01 Å². The highest BCUT2D eigenvalue weighted by Crippen LogP contribution is 2.17. The molecule has 0 unspecified atom stereocenters. The molecule has 0 atom stereocenters.